The Morgan fingerprint density at radius 2 is 2.11 bits per heavy atom. The van der Waals surface area contributed by atoms with E-state index in [1.54, 1.807) is 0 Å². The Bertz CT molecular complexity index is 573. The summed E-state index contributed by atoms with van der Waals surface area (Å²) in [5, 5.41) is 15.3. The highest BCUT2D eigenvalue weighted by molar-refractivity contribution is 5.42. The number of aryl methyl sites for hydroxylation is 2. The summed E-state index contributed by atoms with van der Waals surface area (Å²) in [7, 11) is 0. The molecule has 0 saturated heterocycles. The molecule has 1 aromatic heterocycles. The summed E-state index contributed by atoms with van der Waals surface area (Å²) in [4.78, 5) is 0. The van der Waals surface area contributed by atoms with E-state index in [4.69, 9.17) is 0 Å². The maximum absolute atomic E-state index is 4.11. The lowest BCUT2D eigenvalue weighted by molar-refractivity contribution is 0.563. The van der Waals surface area contributed by atoms with Gasteiger partial charge in [-0.05, 0) is 52.9 Å². The molecule has 0 atom stereocenters. The second-order valence-electron chi connectivity index (χ2n) is 5.35. The third-order valence-electron chi connectivity index (χ3n) is 3.53. The molecule has 0 spiro atoms. The first-order valence-electron chi connectivity index (χ1n) is 6.87. The Balaban J connectivity index is 1.88. The van der Waals surface area contributed by atoms with Crippen molar-refractivity contribution in [2.24, 2.45) is 0 Å². The van der Waals surface area contributed by atoms with Crippen LogP contribution >= 0.6 is 0 Å². The number of rotatable bonds is 4. The van der Waals surface area contributed by atoms with Crippen molar-refractivity contribution in [1.29, 1.82) is 0 Å². The van der Waals surface area contributed by atoms with Crippen molar-refractivity contribution in [3.8, 4) is 5.69 Å². The summed E-state index contributed by atoms with van der Waals surface area (Å²) < 4.78 is 1.83. The number of benzene rings is 1. The molecule has 1 aliphatic carbocycles. The molecule has 1 heterocycles. The lowest BCUT2D eigenvalue weighted by Gasteiger charge is -2.09. The van der Waals surface area contributed by atoms with Gasteiger partial charge in [0.1, 0.15) is 0 Å². The van der Waals surface area contributed by atoms with Crippen LogP contribution in [0.25, 0.3) is 5.69 Å². The Hall–Kier alpha value is -1.75. The Morgan fingerprint density at radius 1 is 1.26 bits per heavy atom. The zero-order chi connectivity index (χ0) is 13.2. The Labute approximate surface area is 113 Å². The molecule has 19 heavy (non-hydrogen) atoms. The fraction of sp³-hybridized carbons (Fsp3) is 0.500. The standard InChI is InChI=1S/C14H19N5/c1-10(2)15-9-14-16-17-18-19(14)13-7-6-11-4-3-5-12(11)8-13/h6-8,10,15H,3-5,9H2,1-2H3. The van der Waals surface area contributed by atoms with Crippen LogP contribution in [0.1, 0.15) is 37.2 Å². The van der Waals surface area contributed by atoms with Gasteiger partial charge in [-0.25, -0.2) is 0 Å². The first-order chi connectivity index (χ1) is 9.24. The van der Waals surface area contributed by atoms with E-state index in [9.17, 15) is 0 Å². The summed E-state index contributed by atoms with van der Waals surface area (Å²) >= 11 is 0. The molecular formula is C14H19N5. The van der Waals surface area contributed by atoms with Gasteiger partial charge in [-0.1, -0.05) is 19.9 Å². The van der Waals surface area contributed by atoms with Crippen LogP contribution in [-0.4, -0.2) is 26.2 Å². The monoisotopic (exact) mass is 257 g/mol. The molecule has 5 nitrogen and oxygen atoms in total. The van der Waals surface area contributed by atoms with Crippen LogP contribution in [0.15, 0.2) is 18.2 Å². The maximum Gasteiger partial charge on any atom is 0.170 e. The van der Waals surface area contributed by atoms with Gasteiger partial charge in [-0.2, -0.15) is 4.68 Å². The molecule has 0 aliphatic heterocycles. The smallest absolute Gasteiger partial charge is 0.170 e. The van der Waals surface area contributed by atoms with Crippen LogP contribution in [-0.2, 0) is 19.4 Å². The quantitative estimate of drug-likeness (QED) is 0.905. The van der Waals surface area contributed by atoms with Crippen LogP contribution in [0.2, 0.25) is 0 Å². The molecule has 0 amide bonds. The zero-order valence-corrected chi connectivity index (χ0v) is 11.4. The normalized spacial score (nSPS) is 14.1. The van der Waals surface area contributed by atoms with E-state index in [1.807, 2.05) is 4.68 Å². The predicted molar refractivity (Wildman–Crippen MR) is 73.2 cm³/mol. The van der Waals surface area contributed by atoms with Crippen LogP contribution in [0.3, 0.4) is 0 Å². The maximum atomic E-state index is 4.11. The van der Waals surface area contributed by atoms with Gasteiger partial charge in [0.05, 0.1) is 12.2 Å². The van der Waals surface area contributed by atoms with Crippen molar-refractivity contribution < 1.29 is 0 Å². The third kappa shape index (κ3) is 2.51. The average molecular weight is 257 g/mol. The van der Waals surface area contributed by atoms with Gasteiger partial charge in [-0.15, -0.1) is 5.10 Å². The van der Waals surface area contributed by atoms with Crippen molar-refractivity contribution in [3.63, 3.8) is 0 Å². The van der Waals surface area contributed by atoms with Gasteiger partial charge in [0.2, 0.25) is 0 Å². The number of nitrogens with zero attached hydrogens (tertiary/aromatic N) is 4. The molecule has 1 aliphatic rings. The van der Waals surface area contributed by atoms with Crippen LogP contribution < -0.4 is 5.32 Å². The van der Waals surface area contributed by atoms with E-state index in [0.717, 1.165) is 11.5 Å². The summed E-state index contributed by atoms with van der Waals surface area (Å²) in [6.45, 7) is 4.91. The number of hydrogen-bond acceptors (Lipinski definition) is 4. The minimum absolute atomic E-state index is 0.421. The summed E-state index contributed by atoms with van der Waals surface area (Å²) in [6, 6.07) is 6.96. The van der Waals surface area contributed by atoms with Gasteiger partial charge in [0.25, 0.3) is 0 Å². The lowest BCUT2D eigenvalue weighted by atomic mass is 10.1. The second kappa shape index (κ2) is 5.09. The molecule has 100 valence electrons. The number of aromatic nitrogens is 4. The molecule has 0 bridgehead atoms. The molecule has 2 aromatic rings. The van der Waals surface area contributed by atoms with E-state index < -0.39 is 0 Å². The SMILES string of the molecule is CC(C)NCc1nnnn1-c1ccc2c(c1)CCC2. The topological polar surface area (TPSA) is 55.6 Å². The first-order valence-corrected chi connectivity index (χ1v) is 6.87. The average Bonchev–Trinajstić information content (AvgIpc) is 3.04. The van der Waals surface area contributed by atoms with E-state index in [-0.39, 0.29) is 0 Å². The van der Waals surface area contributed by atoms with E-state index >= 15 is 0 Å². The Kier molecular flexibility index (Phi) is 3.29. The van der Waals surface area contributed by atoms with Crippen molar-refractivity contribution >= 4 is 0 Å². The highest BCUT2D eigenvalue weighted by Crippen LogP contribution is 2.24. The van der Waals surface area contributed by atoms with Crippen LogP contribution in [0.4, 0.5) is 0 Å². The summed E-state index contributed by atoms with van der Waals surface area (Å²) in [5.41, 5.74) is 3.97. The van der Waals surface area contributed by atoms with Gasteiger partial charge < -0.3 is 5.32 Å². The van der Waals surface area contributed by atoms with Crippen molar-refractivity contribution in [3.05, 3.63) is 35.2 Å². The van der Waals surface area contributed by atoms with Crippen molar-refractivity contribution in [1.82, 2.24) is 25.5 Å². The third-order valence-corrected chi connectivity index (χ3v) is 3.53. The van der Waals surface area contributed by atoms with E-state index in [1.165, 1.54) is 30.4 Å². The number of fused-ring (bicyclic) bond motifs is 1. The highest BCUT2D eigenvalue weighted by atomic mass is 15.5. The first kappa shape index (κ1) is 12.3. The molecule has 0 unspecified atom stereocenters. The molecular weight excluding hydrogens is 238 g/mol. The summed E-state index contributed by atoms with van der Waals surface area (Å²) in [6.07, 6.45) is 3.63. The molecule has 0 fully saturated rings. The van der Waals surface area contributed by atoms with Crippen LogP contribution in [0.5, 0.6) is 0 Å². The van der Waals surface area contributed by atoms with Crippen LogP contribution in [0, 0.1) is 0 Å². The van der Waals surface area contributed by atoms with Crippen molar-refractivity contribution in [2.75, 3.05) is 0 Å². The minimum Gasteiger partial charge on any atom is -0.308 e. The second-order valence-corrected chi connectivity index (χ2v) is 5.35. The number of tetrazole rings is 1. The fourth-order valence-electron chi connectivity index (χ4n) is 2.50. The zero-order valence-electron chi connectivity index (χ0n) is 11.4. The van der Waals surface area contributed by atoms with Gasteiger partial charge >= 0.3 is 0 Å². The fourth-order valence-corrected chi connectivity index (χ4v) is 2.50. The van der Waals surface area contributed by atoms with Gasteiger partial charge in [0, 0.05) is 6.04 Å². The Morgan fingerprint density at radius 3 is 2.95 bits per heavy atom. The molecule has 3 rings (SSSR count). The summed E-state index contributed by atoms with van der Waals surface area (Å²) in [5.74, 6) is 0.853. The van der Waals surface area contributed by atoms with E-state index in [0.29, 0.717) is 12.6 Å². The van der Waals surface area contributed by atoms with Gasteiger partial charge in [0.15, 0.2) is 5.82 Å². The number of nitrogens with one attached hydrogen (secondary N) is 1. The molecule has 5 heteroatoms. The van der Waals surface area contributed by atoms with Gasteiger partial charge in [-0.3, -0.25) is 0 Å². The number of hydrogen-bond donors (Lipinski definition) is 1. The predicted octanol–water partition coefficient (Wildman–Crippen LogP) is 1.65. The lowest BCUT2D eigenvalue weighted by Crippen LogP contribution is -2.24. The molecule has 0 saturated carbocycles. The molecule has 1 N–H and O–H groups in total. The largest absolute Gasteiger partial charge is 0.308 e. The highest BCUT2D eigenvalue weighted by Gasteiger charge is 2.14. The van der Waals surface area contributed by atoms with Crippen molar-refractivity contribution in [2.45, 2.75) is 45.7 Å². The molecule has 1 aromatic carbocycles. The minimum atomic E-state index is 0.421. The van der Waals surface area contributed by atoms with E-state index in [2.05, 4.69) is 52.9 Å². The molecule has 0 radical (unpaired) electrons.